The molecule has 1 saturated carbocycles. The normalized spacial score (nSPS) is 20.6. The fraction of sp³-hybridized carbons (Fsp3) is 0.357. The van der Waals surface area contributed by atoms with Crippen LogP contribution >= 0.6 is 0 Å². The zero-order valence-electron chi connectivity index (χ0n) is 19.6. The Morgan fingerprint density at radius 1 is 1.06 bits per heavy atom. The number of aliphatic hydroxyl groups excluding tert-OH is 1. The third kappa shape index (κ3) is 4.20. The molecule has 2 aliphatic rings. The molecule has 1 heterocycles. The van der Waals surface area contributed by atoms with E-state index >= 15 is 0 Å². The molecule has 1 aromatic heterocycles. The second kappa shape index (κ2) is 8.67. The first-order chi connectivity index (χ1) is 16.3. The third-order valence-corrected chi connectivity index (χ3v) is 6.68. The Morgan fingerprint density at radius 3 is 2.71 bits per heavy atom. The van der Waals surface area contributed by atoms with Gasteiger partial charge in [0.05, 0.1) is 28.2 Å². The fourth-order valence-electron chi connectivity index (χ4n) is 5.07. The van der Waals surface area contributed by atoms with E-state index in [4.69, 9.17) is 9.52 Å². The van der Waals surface area contributed by atoms with Gasteiger partial charge in [-0.3, -0.25) is 14.6 Å². The summed E-state index contributed by atoms with van der Waals surface area (Å²) < 4.78 is 5.47. The summed E-state index contributed by atoms with van der Waals surface area (Å²) in [6, 6.07) is 13.9. The maximum absolute atomic E-state index is 12.8. The molecule has 6 nitrogen and oxygen atoms in total. The number of carbonyl (C=O) groups is 2. The van der Waals surface area contributed by atoms with Crippen LogP contribution in [-0.4, -0.2) is 27.5 Å². The molecule has 0 saturated heterocycles. The highest BCUT2D eigenvalue weighted by atomic mass is 16.5. The van der Waals surface area contributed by atoms with Crippen molar-refractivity contribution in [3.8, 4) is 0 Å². The van der Waals surface area contributed by atoms with Crippen LogP contribution < -0.4 is 0 Å². The Bertz CT molecular complexity index is 1350. The van der Waals surface area contributed by atoms with Crippen LogP contribution in [0.2, 0.25) is 0 Å². The highest BCUT2D eigenvalue weighted by Gasteiger charge is 2.36. The summed E-state index contributed by atoms with van der Waals surface area (Å²) in [5.74, 6) is 0.559. The minimum atomic E-state index is -0.146. The van der Waals surface area contributed by atoms with E-state index in [1.807, 2.05) is 56.3 Å². The van der Waals surface area contributed by atoms with Crippen LogP contribution in [0.4, 0.5) is 5.69 Å². The molecule has 5 rings (SSSR count). The van der Waals surface area contributed by atoms with Crippen molar-refractivity contribution in [2.75, 3.05) is 0 Å². The van der Waals surface area contributed by atoms with Gasteiger partial charge in [-0.05, 0) is 29.7 Å². The summed E-state index contributed by atoms with van der Waals surface area (Å²) >= 11 is 0. The van der Waals surface area contributed by atoms with Crippen molar-refractivity contribution in [1.82, 2.24) is 5.16 Å². The summed E-state index contributed by atoms with van der Waals surface area (Å²) in [5, 5.41) is 17.2. The van der Waals surface area contributed by atoms with E-state index in [0.717, 1.165) is 16.5 Å². The minimum absolute atomic E-state index is 0.00373. The van der Waals surface area contributed by atoms with Crippen molar-refractivity contribution in [3.63, 3.8) is 0 Å². The average molecular weight is 457 g/mol. The number of aliphatic hydroxyl groups is 1. The lowest BCUT2D eigenvalue weighted by molar-refractivity contribution is -0.115. The van der Waals surface area contributed by atoms with Crippen LogP contribution in [0.3, 0.4) is 0 Å². The molecule has 3 aromatic rings. The van der Waals surface area contributed by atoms with Gasteiger partial charge in [-0.15, -0.1) is 0 Å². The number of Topliss-reactive ketones (excluding diaryl/α,β-unsaturated/α-hetero) is 2. The first-order valence-electron chi connectivity index (χ1n) is 11.8. The Balaban J connectivity index is 1.45. The van der Waals surface area contributed by atoms with Gasteiger partial charge in [0, 0.05) is 37.5 Å². The number of hydrogen-bond donors (Lipinski definition) is 1. The molecule has 174 valence electrons. The number of allylic oxidation sites excluding steroid dienone is 2. The largest absolute Gasteiger partial charge is 0.511 e. The number of hydrogen-bond acceptors (Lipinski definition) is 6. The standard InChI is InChI=1S/C28H28N2O4/c1-28(2)15-24(33)27-21(30-34-25(27)16-28)13-14-23(32)26-20(11-6-12-22(26)31)29-19-10-5-8-17-7-3-4-9-18(17)19/h3-5,7-10,32H,6,11-16H2,1-2H3/b26-23+,29-20?. The van der Waals surface area contributed by atoms with Gasteiger partial charge in [-0.25, -0.2) is 0 Å². The van der Waals surface area contributed by atoms with Crippen LogP contribution in [-0.2, 0) is 17.6 Å². The molecule has 0 atom stereocenters. The number of nitrogens with zero attached hydrogens (tertiary/aromatic N) is 2. The Kier molecular flexibility index (Phi) is 5.68. The monoisotopic (exact) mass is 456 g/mol. The molecule has 2 aromatic carbocycles. The zero-order valence-corrected chi connectivity index (χ0v) is 19.6. The quantitative estimate of drug-likeness (QED) is 0.370. The van der Waals surface area contributed by atoms with Crippen molar-refractivity contribution in [2.24, 2.45) is 10.4 Å². The maximum atomic E-state index is 12.8. The fourth-order valence-corrected chi connectivity index (χ4v) is 5.07. The zero-order chi connectivity index (χ0) is 23.9. The van der Waals surface area contributed by atoms with E-state index in [2.05, 4.69) is 5.16 Å². The van der Waals surface area contributed by atoms with Crippen molar-refractivity contribution in [3.05, 3.63) is 70.8 Å². The van der Waals surface area contributed by atoms with Gasteiger partial charge in [0.25, 0.3) is 0 Å². The van der Waals surface area contributed by atoms with Gasteiger partial charge < -0.3 is 9.63 Å². The summed E-state index contributed by atoms with van der Waals surface area (Å²) in [4.78, 5) is 30.4. The predicted molar refractivity (Wildman–Crippen MR) is 131 cm³/mol. The van der Waals surface area contributed by atoms with Gasteiger partial charge in [0.2, 0.25) is 0 Å². The number of fused-ring (bicyclic) bond motifs is 2. The molecule has 0 aliphatic heterocycles. The van der Waals surface area contributed by atoms with Crippen molar-refractivity contribution in [2.45, 2.75) is 58.8 Å². The summed E-state index contributed by atoms with van der Waals surface area (Å²) in [5.41, 5.74) is 2.67. The van der Waals surface area contributed by atoms with Crippen LogP contribution in [0.25, 0.3) is 10.8 Å². The van der Waals surface area contributed by atoms with Gasteiger partial charge >= 0.3 is 0 Å². The van der Waals surface area contributed by atoms with Crippen molar-refractivity contribution >= 4 is 33.7 Å². The summed E-state index contributed by atoms with van der Waals surface area (Å²) in [6.07, 6.45) is 3.36. The first kappa shape index (κ1) is 22.3. The van der Waals surface area contributed by atoms with Crippen molar-refractivity contribution < 1.29 is 19.2 Å². The van der Waals surface area contributed by atoms with E-state index in [1.54, 1.807) is 0 Å². The molecule has 0 amide bonds. The van der Waals surface area contributed by atoms with Crippen LogP contribution in [0.1, 0.15) is 67.8 Å². The van der Waals surface area contributed by atoms with E-state index in [-0.39, 0.29) is 29.2 Å². The molecular weight excluding hydrogens is 428 g/mol. The molecule has 1 fully saturated rings. The van der Waals surface area contributed by atoms with Crippen LogP contribution in [0.5, 0.6) is 0 Å². The number of aryl methyl sites for hydroxylation is 1. The van der Waals surface area contributed by atoms with E-state index in [9.17, 15) is 14.7 Å². The van der Waals surface area contributed by atoms with Crippen molar-refractivity contribution in [1.29, 1.82) is 0 Å². The second-order valence-corrected chi connectivity index (χ2v) is 10.0. The molecule has 0 spiro atoms. The number of aromatic nitrogens is 1. The van der Waals surface area contributed by atoms with Gasteiger partial charge in [0.1, 0.15) is 11.5 Å². The summed E-state index contributed by atoms with van der Waals surface area (Å²) in [6.45, 7) is 4.08. The molecule has 6 heteroatoms. The Hall–Kier alpha value is -3.54. The lowest BCUT2D eigenvalue weighted by Gasteiger charge is -2.26. The maximum Gasteiger partial charge on any atom is 0.168 e. The lowest BCUT2D eigenvalue weighted by Crippen LogP contribution is -2.26. The molecular formula is C28H28N2O4. The number of rotatable bonds is 4. The molecule has 2 aliphatic carbocycles. The molecule has 0 radical (unpaired) electrons. The van der Waals surface area contributed by atoms with E-state index < -0.39 is 0 Å². The SMILES string of the molecule is CC1(C)CC(=O)c2c(CC/C(O)=C3\C(=O)CCCC3=Nc3cccc4ccccc34)noc2C1. The number of aliphatic imine (C=N–C) groups is 1. The lowest BCUT2D eigenvalue weighted by atomic mass is 9.76. The molecule has 0 bridgehead atoms. The number of carbonyl (C=O) groups excluding carboxylic acids is 2. The first-order valence-corrected chi connectivity index (χ1v) is 11.8. The van der Waals surface area contributed by atoms with E-state index in [0.29, 0.717) is 66.8 Å². The molecule has 34 heavy (non-hydrogen) atoms. The average Bonchev–Trinajstić information content (AvgIpc) is 3.20. The highest BCUT2D eigenvalue weighted by Crippen LogP contribution is 2.37. The molecule has 1 N–H and O–H groups in total. The topological polar surface area (TPSA) is 92.8 Å². The molecule has 0 unspecified atom stereocenters. The van der Waals surface area contributed by atoms with Crippen LogP contribution in [0, 0.1) is 5.41 Å². The Labute approximate surface area is 198 Å². The smallest absolute Gasteiger partial charge is 0.168 e. The Morgan fingerprint density at radius 2 is 1.85 bits per heavy atom. The third-order valence-electron chi connectivity index (χ3n) is 6.68. The van der Waals surface area contributed by atoms with E-state index in [1.165, 1.54) is 0 Å². The van der Waals surface area contributed by atoms with Gasteiger partial charge in [-0.2, -0.15) is 0 Å². The second-order valence-electron chi connectivity index (χ2n) is 10.0. The minimum Gasteiger partial charge on any atom is -0.511 e. The summed E-state index contributed by atoms with van der Waals surface area (Å²) in [7, 11) is 0. The van der Waals surface area contributed by atoms with Gasteiger partial charge in [0.15, 0.2) is 11.6 Å². The number of ketones is 2. The van der Waals surface area contributed by atoms with Gasteiger partial charge in [-0.1, -0.05) is 55.4 Å². The number of benzene rings is 2. The predicted octanol–water partition coefficient (Wildman–Crippen LogP) is 6.25. The highest BCUT2D eigenvalue weighted by molar-refractivity contribution is 6.25. The van der Waals surface area contributed by atoms with Crippen LogP contribution in [0.15, 0.2) is 63.3 Å².